The van der Waals surface area contributed by atoms with E-state index in [4.69, 9.17) is 5.73 Å². The minimum Gasteiger partial charge on any atom is -0.394 e. The van der Waals surface area contributed by atoms with Gasteiger partial charge in [-0.15, -0.1) is 0 Å². The van der Waals surface area contributed by atoms with Gasteiger partial charge in [-0.2, -0.15) is 5.10 Å². The summed E-state index contributed by atoms with van der Waals surface area (Å²) >= 11 is 0. The fraction of sp³-hybridized carbons (Fsp3) is 0.812. The average molecular weight is 276 g/mol. The molecule has 1 aromatic heterocycles. The smallest absolute Gasteiger partial charge is 0.150 e. The zero-order valence-electron chi connectivity index (χ0n) is 12.9. The summed E-state index contributed by atoms with van der Waals surface area (Å²) in [5.41, 5.74) is 8.26. The standard InChI is InChI=1S/C16H28N4/c1-3-10-20-16(15(17)12(2)18-20)19-11-6-8-13-7-4-5-9-14(13)19/h13-14H,3-11,17H2,1-2H3. The number of anilines is 2. The highest BCUT2D eigenvalue weighted by Crippen LogP contribution is 2.40. The summed E-state index contributed by atoms with van der Waals surface area (Å²) in [7, 11) is 0. The van der Waals surface area contributed by atoms with Crippen LogP contribution in [0.5, 0.6) is 0 Å². The first-order valence-electron chi connectivity index (χ1n) is 8.32. The Balaban J connectivity index is 1.94. The van der Waals surface area contributed by atoms with Gasteiger partial charge in [0.15, 0.2) is 5.82 Å². The number of hydrogen-bond acceptors (Lipinski definition) is 3. The van der Waals surface area contributed by atoms with E-state index in [-0.39, 0.29) is 0 Å². The third-order valence-corrected chi connectivity index (χ3v) is 5.10. The predicted octanol–water partition coefficient (Wildman–Crippen LogP) is 3.34. The van der Waals surface area contributed by atoms with Crippen LogP contribution in [0.2, 0.25) is 0 Å². The summed E-state index contributed by atoms with van der Waals surface area (Å²) in [6, 6.07) is 0.700. The Morgan fingerprint density at radius 1 is 1.20 bits per heavy atom. The highest BCUT2D eigenvalue weighted by atomic mass is 15.4. The van der Waals surface area contributed by atoms with Gasteiger partial charge in [-0.1, -0.05) is 19.8 Å². The van der Waals surface area contributed by atoms with Crippen LogP contribution in [0.15, 0.2) is 0 Å². The molecule has 4 heteroatoms. The lowest BCUT2D eigenvalue weighted by Gasteiger charge is -2.45. The maximum atomic E-state index is 6.36. The van der Waals surface area contributed by atoms with Crippen molar-refractivity contribution in [3.05, 3.63) is 5.69 Å². The van der Waals surface area contributed by atoms with Crippen molar-refractivity contribution in [2.24, 2.45) is 5.92 Å². The van der Waals surface area contributed by atoms with Crippen LogP contribution in [0.1, 0.15) is 57.6 Å². The van der Waals surface area contributed by atoms with Crippen molar-refractivity contribution in [3.63, 3.8) is 0 Å². The quantitative estimate of drug-likeness (QED) is 0.921. The maximum Gasteiger partial charge on any atom is 0.150 e. The van der Waals surface area contributed by atoms with Gasteiger partial charge in [-0.05, 0) is 44.9 Å². The second-order valence-electron chi connectivity index (χ2n) is 6.49. The van der Waals surface area contributed by atoms with Crippen LogP contribution < -0.4 is 10.6 Å². The van der Waals surface area contributed by atoms with Gasteiger partial charge < -0.3 is 10.6 Å². The molecule has 1 saturated carbocycles. The van der Waals surface area contributed by atoms with E-state index in [0.29, 0.717) is 6.04 Å². The van der Waals surface area contributed by atoms with Gasteiger partial charge in [0.25, 0.3) is 0 Å². The van der Waals surface area contributed by atoms with Crippen molar-refractivity contribution < 1.29 is 0 Å². The molecule has 0 bridgehead atoms. The number of piperidine rings is 1. The Morgan fingerprint density at radius 2 is 1.95 bits per heavy atom. The van der Waals surface area contributed by atoms with Crippen LogP contribution in [0, 0.1) is 12.8 Å². The Bertz CT molecular complexity index is 463. The number of rotatable bonds is 3. The average Bonchev–Trinajstić information content (AvgIpc) is 2.74. The molecule has 20 heavy (non-hydrogen) atoms. The molecule has 1 aromatic rings. The summed E-state index contributed by atoms with van der Waals surface area (Å²) in [6.07, 6.45) is 9.34. The van der Waals surface area contributed by atoms with E-state index in [2.05, 4.69) is 21.6 Å². The van der Waals surface area contributed by atoms with Gasteiger partial charge >= 0.3 is 0 Å². The maximum absolute atomic E-state index is 6.36. The van der Waals surface area contributed by atoms with Gasteiger partial charge in [0.05, 0.1) is 11.4 Å². The van der Waals surface area contributed by atoms with Crippen LogP contribution in [0.3, 0.4) is 0 Å². The van der Waals surface area contributed by atoms with Crippen molar-refractivity contribution in [3.8, 4) is 0 Å². The summed E-state index contributed by atoms with van der Waals surface area (Å²) < 4.78 is 2.15. The molecule has 2 fully saturated rings. The van der Waals surface area contributed by atoms with Crippen LogP contribution >= 0.6 is 0 Å². The van der Waals surface area contributed by atoms with E-state index in [1.165, 1.54) is 44.3 Å². The number of hydrogen-bond donors (Lipinski definition) is 1. The van der Waals surface area contributed by atoms with Crippen molar-refractivity contribution in [2.75, 3.05) is 17.2 Å². The molecule has 2 heterocycles. The lowest BCUT2D eigenvalue weighted by Crippen LogP contribution is -2.48. The summed E-state index contributed by atoms with van der Waals surface area (Å²) in [5, 5.41) is 4.66. The fourth-order valence-corrected chi connectivity index (χ4v) is 4.14. The van der Waals surface area contributed by atoms with E-state index in [1.807, 2.05) is 6.92 Å². The van der Waals surface area contributed by atoms with Crippen molar-refractivity contribution in [2.45, 2.75) is 71.4 Å². The van der Waals surface area contributed by atoms with Crippen molar-refractivity contribution >= 4 is 11.5 Å². The predicted molar refractivity (Wildman–Crippen MR) is 84.0 cm³/mol. The number of aryl methyl sites for hydroxylation is 2. The zero-order chi connectivity index (χ0) is 14.1. The van der Waals surface area contributed by atoms with Crippen LogP contribution in [-0.2, 0) is 6.54 Å². The molecule has 0 radical (unpaired) electrons. The molecular weight excluding hydrogens is 248 g/mol. The second-order valence-corrected chi connectivity index (χ2v) is 6.49. The highest BCUT2D eigenvalue weighted by Gasteiger charge is 2.35. The fourth-order valence-electron chi connectivity index (χ4n) is 4.14. The largest absolute Gasteiger partial charge is 0.394 e. The zero-order valence-corrected chi connectivity index (χ0v) is 12.9. The Kier molecular flexibility index (Phi) is 3.90. The van der Waals surface area contributed by atoms with E-state index >= 15 is 0 Å². The Hall–Kier alpha value is -1.19. The normalized spacial score (nSPS) is 26.6. The molecule has 0 spiro atoms. The minimum atomic E-state index is 0.700. The van der Waals surface area contributed by atoms with Crippen LogP contribution in [-0.4, -0.2) is 22.4 Å². The van der Waals surface area contributed by atoms with E-state index in [1.54, 1.807) is 0 Å². The van der Waals surface area contributed by atoms with E-state index in [0.717, 1.165) is 36.8 Å². The third kappa shape index (κ3) is 2.29. The monoisotopic (exact) mass is 276 g/mol. The first kappa shape index (κ1) is 13.8. The highest BCUT2D eigenvalue weighted by molar-refractivity contribution is 5.67. The molecule has 1 saturated heterocycles. The first-order chi connectivity index (χ1) is 9.72. The molecule has 2 unspecified atom stereocenters. The number of nitrogens with two attached hydrogens (primary N) is 1. The molecule has 1 aliphatic heterocycles. The number of aromatic nitrogens is 2. The summed E-state index contributed by atoms with van der Waals surface area (Å²) in [6.45, 7) is 6.37. The Morgan fingerprint density at radius 3 is 2.75 bits per heavy atom. The lowest BCUT2D eigenvalue weighted by molar-refractivity contribution is 0.241. The topological polar surface area (TPSA) is 47.1 Å². The molecule has 2 atom stereocenters. The number of nitrogens with zero attached hydrogens (tertiary/aromatic N) is 3. The molecule has 0 amide bonds. The van der Waals surface area contributed by atoms with E-state index < -0.39 is 0 Å². The van der Waals surface area contributed by atoms with Crippen LogP contribution in [0.25, 0.3) is 0 Å². The van der Waals surface area contributed by atoms with Gasteiger partial charge in [-0.25, -0.2) is 4.68 Å². The van der Waals surface area contributed by atoms with Gasteiger partial charge in [-0.3, -0.25) is 0 Å². The molecule has 0 aromatic carbocycles. The van der Waals surface area contributed by atoms with Crippen molar-refractivity contribution in [1.82, 2.24) is 9.78 Å². The van der Waals surface area contributed by atoms with Gasteiger partial charge in [0.2, 0.25) is 0 Å². The molecule has 4 nitrogen and oxygen atoms in total. The molecule has 2 aliphatic rings. The third-order valence-electron chi connectivity index (χ3n) is 5.10. The molecule has 1 aliphatic carbocycles. The minimum absolute atomic E-state index is 0.700. The number of nitrogen functional groups attached to an aromatic ring is 1. The molecule has 112 valence electrons. The number of fused-ring (bicyclic) bond motifs is 1. The van der Waals surface area contributed by atoms with Crippen LogP contribution in [0.4, 0.5) is 11.5 Å². The Labute approximate surface area is 122 Å². The molecule has 3 rings (SSSR count). The second kappa shape index (κ2) is 5.66. The van der Waals surface area contributed by atoms with E-state index in [9.17, 15) is 0 Å². The first-order valence-corrected chi connectivity index (χ1v) is 8.32. The summed E-state index contributed by atoms with van der Waals surface area (Å²) in [4.78, 5) is 2.60. The van der Waals surface area contributed by atoms with Gasteiger partial charge in [0, 0.05) is 19.1 Å². The van der Waals surface area contributed by atoms with Gasteiger partial charge in [0.1, 0.15) is 0 Å². The lowest BCUT2D eigenvalue weighted by atomic mass is 9.78. The molecular formula is C16H28N4. The van der Waals surface area contributed by atoms with Crippen molar-refractivity contribution in [1.29, 1.82) is 0 Å². The SMILES string of the molecule is CCCn1nc(C)c(N)c1N1CCCC2CCCCC21. The summed E-state index contributed by atoms with van der Waals surface area (Å²) in [5.74, 6) is 2.09. The molecule has 2 N–H and O–H groups in total.